The van der Waals surface area contributed by atoms with Crippen molar-refractivity contribution >= 4 is 27.8 Å². The van der Waals surface area contributed by atoms with Crippen molar-refractivity contribution in [2.24, 2.45) is 0 Å². The maximum atomic E-state index is 12.2. The number of carbonyl (C=O) groups is 1. The SMILES string of the molecule is CSC(C)CCNS(=O)(=O)c1cccc(C(=O)O)c1C. The molecule has 112 valence electrons. The van der Waals surface area contributed by atoms with E-state index in [-0.39, 0.29) is 16.0 Å². The quantitative estimate of drug-likeness (QED) is 0.805. The molecule has 0 saturated heterocycles. The number of aromatic carboxylic acids is 1. The second-order valence-electron chi connectivity index (χ2n) is 4.47. The fraction of sp³-hybridized carbons (Fsp3) is 0.462. The number of hydrogen-bond acceptors (Lipinski definition) is 4. The number of carboxylic acid groups (broad SMARTS) is 1. The highest BCUT2D eigenvalue weighted by atomic mass is 32.2. The van der Waals surface area contributed by atoms with Gasteiger partial charge in [0.25, 0.3) is 0 Å². The molecule has 0 bridgehead atoms. The maximum absolute atomic E-state index is 12.2. The van der Waals surface area contributed by atoms with Crippen molar-refractivity contribution in [1.82, 2.24) is 4.72 Å². The average Bonchev–Trinajstić information content (AvgIpc) is 2.37. The van der Waals surface area contributed by atoms with E-state index in [9.17, 15) is 13.2 Å². The Morgan fingerprint density at radius 2 is 2.10 bits per heavy atom. The molecule has 0 heterocycles. The zero-order valence-electron chi connectivity index (χ0n) is 11.7. The fourth-order valence-electron chi connectivity index (χ4n) is 1.73. The minimum atomic E-state index is -3.67. The van der Waals surface area contributed by atoms with Crippen molar-refractivity contribution in [2.45, 2.75) is 30.4 Å². The van der Waals surface area contributed by atoms with E-state index >= 15 is 0 Å². The van der Waals surface area contributed by atoms with E-state index in [4.69, 9.17) is 5.11 Å². The van der Waals surface area contributed by atoms with Crippen molar-refractivity contribution in [2.75, 3.05) is 12.8 Å². The van der Waals surface area contributed by atoms with Gasteiger partial charge in [0.05, 0.1) is 10.5 Å². The Bertz CT molecular complexity index is 584. The van der Waals surface area contributed by atoms with Crippen molar-refractivity contribution in [1.29, 1.82) is 0 Å². The van der Waals surface area contributed by atoms with E-state index in [1.165, 1.54) is 25.1 Å². The minimum Gasteiger partial charge on any atom is -0.478 e. The van der Waals surface area contributed by atoms with Gasteiger partial charge in [0.2, 0.25) is 10.0 Å². The summed E-state index contributed by atoms with van der Waals surface area (Å²) < 4.78 is 26.9. The molecule has 0 amide bonds. The van der Waals surface area contributed by atoms with E-state index in [1.54, 1.807) is 11.8 Å². The van der Waals surface area contributed by atoms with Crippen LogP contribution >= 0.6 is 11.8 Å². The molecule has 0 spiro atoms. The van der Waals surface area contributed by atoms with E-state index < -0.39 is 16.0 Å². The molecule has 7 heteroatoms. The predicted molar refractivity (Wildman–Crippen MR) is 80.9 cm³/mol. The standard InChI is InChI=1S/C13H19NO4S2/c1-9(19-3)7-8-14-20(17,18)12-6-4-5-11(10(12)2)13(15)16/h4-6,9,14H,7-8H2,1-3H3,(H,15,16). The zero-order chi connectivity index (χ0) is 15.3. The lowest BCUT2D eigenvalue weighted by Gasteiger charge is -2.12. The van der Waals surface area contributed by atoms with Gasteiger partial charge in [-0.05, 0) is 37.3 Å². The highest BCUT2D eigenvalue weighted by Crippen LogP contribution is 2.19. The Morgan fingerprint density at radius 3 is 2.65 bits per heavy atom. The summed E-state index contributed by atoms with van der Waals surface area (Å²) in [6, 6.07) is 4.25. The monoisotopic (exact) mass is 317 g/mol. The van der Waals surface area contributed by atoms with Crippen molar-refractivity contribution in [3.63, 3.8) is 0 Å². The van der Waals surface area contributed by atoms with Crippen LogP contribution < -0.4 is 4.72 Å². The summed E-state index contributed by atoms with van der Waals surface area (Å²) in [7, 11) is -3.67. The van der Waals surface area contributed by atoms with Crippen molar-refractivity contribution < 1.29 is 18.3 Å². The van der Waals surface area contributed by atoms with Crippen LogP contribution in [-0.2, 0) is 10.0 Å². The van der Waals surface area contributed by atoms with Crippen LogP contribution in [0.4, 0.5) is 0 Å². The number of carboxylic acids is 1. The Labute approximate surface area is 123 Å². The van der Waals surface area contributed by atoms with Gasteiger partial charge >= 0.3 is 5.97 Å². The van der Waals surface area contributed by atoms with Gasteiger partial charge in [0, 0.05) is 11.8 Å². The van der Waals surface area contributed by atoms with Gasteiger partial charge in [-0.3, -0.25) is 0 Å². The highest BCUT2D eigenvalue weighted by Gasteiger charge is 2.20. The predicted octanol–water partition coefficient (Wildman–Crippen LogP) is 2.11. The molecule has 0 aliphatic heterocycles. The number of hydrogen-bond donors (Lipinski definition) is 2. The Morgan fingerprint density at radius 1 is 1.45 bits per heavy atom. The molecule has 20 heavy (non-hydrogen) atoms. The summed E-state index contributed by atoms with van der Waals surface area (Å²) in [6.07, 6.45) is 2.69. The molecule has 0 saturated carbocycles. The van der Waals surface area contributed by atoms with Gasteiger partial charge in [-0.15, -0.1) is 0 Å². The van der Waals surface area contributed by atoms with Gasteiger partial charge in [-0.2, -0.15) is 11.8 Å². The van der Waals surface area contributed by atoms with Gasteiger partial charge in [0.15, 0.2) is 0 Å². The normalized spacial score (nSPS) is 13.2. The minimum absolute atomic E-state index is 0.00496. The van der Waals surface area contributed by atoms with Crippen LogP contribution in [0.15, 0.2) is 23.1 Å². The third kappa shape index (κ3) is 4.22. The van der Waals surface area contributed by atoms with E-state index in [0.717, 1.165) is 6.42 Å². The molecule has 0 radical (unpaired) electrons. The first-order valence-corrected chi connectivity index (χ1v) is 8.92. The van der Waals surface area contributed by atoms with Gasteiger partial charge in [0.1, 0.15) is 0 Å². The average molecular weight is 317 g/mol. The largest absolute Gasteiger partial charge is 0.478 e. The lowest BCUT2D eigenvalue weighted by molar-refractivity contribution is 0.0696. The maximum Gasteiger partial charge on any atom is 0.335 e. The van der Waals surface area contributed by atoms with Crippen LogP contribution in [0.3, 0.4) is 0 Å². The smallest absolute Gasteiger partial charge is 0.335 e. The van der Waals surface area contributed by atoms with Gasteiger partial charge in [-0.1, -0.05) is 13.0 Å². The summed E-state index contributed by atoms with van der Waals surface area (Å²) in [6.45, 7) is 3.86. The summed E-state index contributed by atoms with van der Waals surface area (Å²) in [5.41, 5.74) is 0.260. The Hall–Kier alpha value is -1.05. The number of sulfonamides is 1. The van der Waals surface area contributed by atoms with Crippen LogP contribution in [0.25, 0.3) is 0 Å². The number of thioether (sulfide) groups is 1. The van der Waals surface area contributed by atoms with E-state index in [0.29, 0.717) is 11.8 Å². The summed E-state index contributed by atoms with van der Waals surface area (Å²) >= 11 is 1.67. The second-order valence-corrected chi connectivity index (χ2v) is 7.48. The van der Waals surface area contributed by atoms with Crippen molar-refractivity contribution in [3.8, 4) is 0 Å². The number of nitrogens with one attached hydrogen (secondary N) is 1. The molecular formula is C13H19NO4S2. The molecule has 0 aromatic heterocycles. The summed E-state index contributed by atoms with van der Waals surface area (Å²) in [5, 5.41) is 9.38. The van der Waals surface area contributed by atoms with E-state index in [1.807, 2.05) is 13.2 Å². The molecule has 1 aromatic carbocycles. The number of rotatable bonds is 7. The van der Waals surface area contributed by atoms with Crippen LogP contribution in [0.5, 0.6) is 0 Å². The first kappa shape index (κ1) is 17.0. The van der Waals surface area contributed by atoms with Gasteiger partial charge < -0.3 is 5.11 Å². The Kier molecular flexibility index (Phi) is 6.04. The molecular weight excluding hydrogens is 298 g/mol. The van der Waals surface area contributed by atoms with Crippen LogP contribution in [-0.4, -0.2) is 37.5 Å². The molecule has 1 atom stereocenters. The molecule has 1 rings (SSSR count). The molecule has 0 aliphatic rings. The molecule has 2 N–H and O–H groups in total. The molecule has 0 aliphatic carbocycles. The molecule has 1 unspecified atom stereocenters. The first-order valence-electron chi connectivity index (χ1n) is 6.15. The second kappa shape index (κ2) is 7.10. The first-order chi connectivity index (χ1) is 9.29. The van der Waals surface area contributed by atoms with Crippen molar-refractivity contribution in [3.05, 3.63) is 29.3 Å². The highest BCUT2D eigenvalue weighted by molar-refractivity contribution is 7.99. The molecule has 1 aromatic rings. The fourth-order valence-corrected chi connectivity index (χ4v) is 3.40. The third-order valence-electron chi connectivity index (χ3n) is 3.05. The van der Waals surface area contributed by atoms with Gasteiger partial charge in [-0.25, -0.2) is 17.9 Å². The lowest BCUT2D eigenvalue weighted by Crippen LogP contribution is -2.27. The summed E-state index contributed by atoms with van der Waals surface area (Å²) in [5.74, 6) is -1.13. The van der Waals surface area contributed by atoms with Crippen LogP contribution in [0, 0.1) is 6.92 Å². The van der Waals surface area contributed by atoms with Crippen LogP contribution in [0.2, 0.25) is 0 Å². The topological polar surface area (TPSA) is 83.5 Å². The summed E-state index contributed by atoms with van der Waals surface area (Å²) in [4.78, 5) is 11.0. The lowest BCUT2D eigenvalue weighted by atomic mass is 10.1. The number of benzene rings is 1. The molecule has 0 fully saturated rings. The Balaban J connectivity index is 2.93. The zero-order valence-corrected chi connectivity index (χ0v) is 13.3. The van der Waals surface area contributed by atoms with Crippen LogP contribution in [0.1, 0.15) is 29.3 Å². The molecule has 5 nitrogen and oxygen atoms in total. The third-order valence-corrected chi connectivity index (χ3v) is 5.70. The van der Waals surface area contributed by atoms with E-state index in [2.05, 4.69) is 4.72 Å².